The van der Waals surface area contributed by atoms with E-state index >= 15 is 0 Å². The minimum absolute atomic E-state index is 0. The van der Waals surface area contributed by atoms with Crippen LogP contribution in [0.3, 0.4) is 0 Å². The molecule has 0 unspecified atom stereocenters. The van der Waals surface area contributed by atoms with Crippen LogP contribution < -0.4 is 10.6 Å². The fourth-order valence-corrected chi connectivity index (χ4v) is 4.12. The molecule has 6 nitrogen and oxygen atoms in total. The average Bonchev–Trinajstić information content (AvgIpc) is 3.04. The zero-order valence-electron chi connectivity index (χ0n) is 16.6. The number of aromatic nitrogens is 3. The fourth-order valence-electron chi connectivity index (χ4n) is 3.81. The lowest BCUT2D eigenvalue weighted by Gasteiger charge is -2.36. The van der Waals surface area contributed by atoms with Crippen LogP contribution in [-0.4, -0.2) is 51.8 Å². The summed E-state index contributed by atoms with van der Waals surface area (Å²) in [6, 6.07) is 12.0. The summed E-state index contributed by atoms with van der Waals surface area (Å²) in [7, 11) is 0. The van der Waals surface area contributed by atoms with Gasteiger partial charge in [0.1, 0.15) is 0 Å². The van der Waals surface area contributed by atoms with Crippen LogP contribution in [0, 0.1) is 0 Å². The molecule has 2 aromatic heterocycles. The van der Waals surface area contributed by atoms with Gasteiger partial charge in [0.2, 0.25) is 0 Å². The van der Waals surface area contributed by atoms with Crippen LogP contribution in [0.2, 0.25) is 5.02 Å². The van der Waals surface area contributed by atoms with E-state index in [0.29, 0.717) is 12.2 Å². The van der Waals surface area contributed by atoms with Crippen molar-refractivity contribution in [2.75, 3.05) is 37.6 Å². The molecule has 1 aliphatic heterocycles. The second kappa shape index (κ2) is 9.65. The summed E-state index contributed by atoms with van der Waals surface area (Å²) in [6.45, 7) is 7.78. The predicted molar refractivity (Wildman–Crippen MR) is 121 cm³/mol. The Morgan fingerprint density at radius 1 is 1.07 bits per heavy atom. The van der Waals surface area contributed by atoms with E-state index in [9.17, 15) is 4.79 Å². The van der Waals surface area contributed by atoms with Crippen LogP contribution in [0.4, 0.5) is 5.69 Å². The highest BCUT2D eigenvalue weighted by Gasteiger charge is 2.17. The van der Waals surface area contributed by atoms with E-state index in [0.717, 1.165) is 50.6 Å². The maximum Gasteiger partial charge on any atom is 0.350 e. The molecule has 0 saturated carbocycles. The van der Waals surface area contributed by atoms with Crippen molar-refractivity contribution < 1.29 is 0 Å². The molecule has 0 radical (unpaired) electrons. The molecule has 156 valence electrons. The van der Waals surface area contributed by atoms with Crippen molar-refractivity contribution in [1.29, 1.82) is 0 Å². The number of hydrogen-bond donors (Lipinski definition) is 0. The topological polar surface area (TPSA) is 45.8 Å². The van der Waals surface area contributed by atoms with E-state index in [2.05, 4.69) is 40.0 Å². The number of aryl methyl sites for hydroxylation is 2. The first-order valence-corrected chi connectivity index (χ1v) is 10.3. The van der Waals surface area contributed by atoms with Gasteiger partial charge in [-0.25, -0.2) is 9.48 Å². The lowest BCUT2D eigenvalue weighted by atomic mass is 10.1. The van der Waals surface area contributed by atoms with Crippen molar-refractivity contribution in [3.63, 3.8) is 0 Å². The largest absolute Gasteiger partial charge is 0.369 e. The molecule has 3 aromatic rings. The summed E-state index contributed by atoms with van der Waals surface area (Å²) in [5.74, 6) is 0. The van der Waals surface area contributed by atoms with Crippen LogP contribution in [0.1, 0.15) is 18.9 Å². The van der Waals surface area contributed by atoms with Gasteiger partial charge in [0, 0.05) is 56.2 Å². The second-order valence-electron chi connectivity index (χ2n) is 7.25. The van der Waals surface area contributed by atoms with Gasteiger partial charge >= 0.3 is 5.69 Å². The molecule has 0 aliphatic carbocycles. The van der Waals surface area contributed by atoms with Crippen molar-refractivity contribution in [3.05, 3.63) is 63.7 Å². The molecule has 1 aliphatic rings. The first-order valence-electron chi connectivity index (χ1n) is 9.95. The van der Waals surface area contributed by atoms with E-state index in [1.165, 1.54) is 11.3 Å². The number of fused-ring (bicyclic) bond motifs is 1. The summed E-state index contributed by atoms with van der Waals surface area (Å²) in [4.78, 5) is 17.2. The van der Waals surface area contributed by atoms with Gasteiger partial charge in [-0.3, -0.25) is 9.30 Å². The first kappa shape index (κ1) is 21.7. The minimum atomic E-state index is -0.0622. The van der Waals surface area contributed by atoms with E-state index in [1.54, 1.807) is 15.3 Å². The van der Waals surface area contributed by atoms with Gasteiger partial charge in [-0.2, -0.15) is 0 Å². The zero-order valence-corrected chi connectivity index (χ0v) is 18.2. The standard InChI is InChI=1S/C21H26ClN5O.ClH/c1-2-17-7-8-18(16-19(17)22)25-14-12-24(13-15-25)9-5-11-27-21(28)26-10-4-3-6-20(26)23-27;/h3-4,6-8,10,16H,2,5,9,11-15H2,1H3;1H. The lowest BCUT2D eigenvalue weighted by molar-refractivity contribution is 0.248. The summed E-state index contributed by atoms with van der Waals surface area (Å²) < 4.78 is 3.16. The fraction of sp³-hybridized carbons (Fsp3) is 0.429. The molecule has 0 amide bonds. The van der Waals surface area contributed by atoms with Crippen LogP contribution in [0.15, 0.2) is 47.4 Å². The molecule has 1 saturated heterocycles. The highest BCUT2D eigenvalue weighted by molar-refractivity contribution is 6.31. The van der Waals surface area contributed by atoms with Gasteiger partial charge in [-0.1, -0.05) is 30.7 Å². The molecule has 3 heterocycles. The molecule has 0 N–H and O–H groups in total. The van der Waals surface area contributed by atoms with Gasteiger partial charge < -0.3 is 4.90 Å². The monoisotopic (exact) mass is 435 g/mol. The Hall–Kier alpha value is -2.02. The van der Waals surface area contributed by atoms with Gasteiger partial charge in [-0.05, 0) is 42.7 Å². The Morgan fingerprint density at radius 3 is 2.55 bits per heavy atom. The first-order chi connectivity index (χ1) is 13.7. The molecular formula is C21H27Cl2N5O. The zero-order chi connectivity index (χ0) is 19.5. The predicted octanol–water partition coefficient (Wildman–Crippen LogP) is 3.35. The molecule has 0 atom stereocenters. The summed E-state index contributed by atoms with van der Waals surface area (Å²) in [6.07, 6.45) is 3.64. The summed E-state index contributed by atoms with van der Waals surface area (Å²) in [5.41, 5.74) is 3.05. The Morgan fingerprint density at radius 2 is 1.86 bits per heavy atom. The average molecular weight is 436 g/mol. The van der Waals surface area contributed by atoms with Crippen LogP contribution in [-0.2, 0) is 13.0 Å². The minimum Gasteiger partial charge on any atom is -0.369 e. The van der Waals surface area contributed by atoms with Crippen molar-refractivity contribution in [3.8, 4) is 0 Å². The molecule has 1 fully saturated rings. The van der Waals surface area contributed by atoms with Crippen LogP contribution >= 0.6 is 24.0 Å². The van der Waals surface area contributed by atoms with Gasteiger partial charge in [-0.15, -0.1) is 17.5 Å². The normalized spacial score (nSPS) is 14.9. The molecule has 0 spiro atoms. The number of benzene rings is 1. The number of piperazine rings is 1. The quantitative estimate of drug-likeness (QED) is 0.595. The highest BCUT2D eigenvalue weighted by atomic mass is 35.5. The molecule has 8 heteroatoms. The van der Waals surface area contributed by atoms with Crippen LogP contribution in [0.25, 0.3) is 5.65 Å². The Labute approximate surface area is 182 Å². The van der Waals surface area contributed by atoms with E-state index < -0.39 is 0 Å². The Bertz CT molecular complexity index is 1010. The van der Waals surface area contributed by atoms with Crippen molar-refractivity contribution in [1.82, 2.24) is 19.1 Å². The molecule has 0 bridgehead atoms. The van der Waals surface area contributed by atoms with Gasteiger partial charge in [0.15, 0.2) is 5.65 Å². The van der Waals surface area contributed by atoms with E-state index in [4.69, 9.17) is 11.6 Å². The smallest absolute Gasteiger partial charge is 0.350 e. The van der Waals surface area contributed by atoms with Crippen molar-refractivity contribution >= 4 is 35.3 Å². The third-order valence-corrected chi connectivity index (χ3v) is 5.84. The molecular weight excluding hydrogens is 409 g/mol. The number of rotatable bonds is 6. The molecule has 1 aromatic carbocycles. The maximum absolute atomic E-state index is 12.3. The summed E-state index contributed by atoms with van der Waals surface area (Å²) in [5, 5.41) is 5.26. The number of hydrogen-bond acceptors (Lipinski definition) is 4. The van der Waals surface area contributed by atoms with Crippen molar-refractivity contribution in [2.24, 2.45) is 0 Å². The Kier molecular flexibility index (Phi) is 7.22. The maximum atomic E-state index is 12.3. The molecule has 29 heavy (non-hydrogen) atoms. The van der Waals surface area contributed by atoms with Gasteiger partial charge in [0.25, 0.3) is 0 Å². The lowest BCUT2D eigenvalue weighted by Crippen LogP contribution is -2.46. The van der Waals surface area contributed by atoms with E-state index in [1.807, 2.05) is 18.2 Å². The third kappa shape index (κ3) is 4.77. The number of nitrogens with zero attached hydrogens (tertiary/aromatic N) is 5. The van der Waals surface area contributed by atoms with Gasteiger partial charge in [0.05, 0.1) is 0 Å². The molecule has 4 rings (SSSR count). The van der Waals surface area contributed by atoms with Crippen LogP contribution in [0.5, 0.6) is 0 Å². The Balaban J connectivity index is 0.00000240. The number of anilines is 1. The highest BCUT2D eigenvalue weighted by Crippen LogP contribution is 2.25. The van der Waals surface area contributed by atoms with E-state index in [-0.39, 0.29) is 18.1 Å². The SMILES string of the molecule is CCc1ccc(N2CCN(CCCn3nc4ccccn4c3=O)CC2)cc1Cl.Cl. The second-order valence-corrected chi connectivity index (χ2v) is 7.65. The number of pyridine rings is 1. The van der Waals surface area contributed by atoms with Crippen molar-refractivity contribution in [2.45, 2.75) is 26.3 Å². The third-order valence-electron chi connectivity index (χ3n) is 5.49. The summed E-state index contributed by atoms with van der Waals surface area (Å²) >= 11 is 6.37. The number of halogens is 2.